The number of hydrogen-bond donors (Lipinski definition) is 1. The van der Waals surface area contributed by atoms with Gasteiger partial charge >= 0.3 is 11.9 Å². The third-order valence-electron chi connectivity index (χ3n) is 2.87. The predicted octanol–water partition coefficient (Wildman–Crippen LogP) is 3.91. The molecule has 0 aromatic heterocycles. The van der Waals surface area contributed by atoms with Crippen molar-refractivity contribution in [2.45, 2.75) is 39.6 Å². The Kier molecular flexibility index (Phi) is 5.30. The van der Waals surface area contributed by atoms with Gasteiger partial charge in [0.25, 0.3) is 5.79 Å². The highest BCUT2D eigenvalue weighted by atomic mass is 35.5. The highest BCUT2D eigenvalue weighted by Crippen LogP contribution is 2.35. The normalized spacial score (nSPS) is 16.5. The second-order valence-electron chi connectivity index (χ2n) is 5.81. The third kappa shape index (κ3) is 4.33. The maximum atomic E-state index is 11.9. The molecule has 0 amide bonds. The number of rotatable bonds is 4. The summed E-state index contributed by atoms with van der Waals surface area (Å²) in [7, 11) is 0. The molecular formula is C16H17Cl2NO5. The minimum atomic E-state index is -1.29. The summed E-state index contributed by atoms with van der Waals surface area (Å²) in [6.45, 7) is 6.66. The molecule has 130 valence electrons. The van der Waals surface area contributed by atoms with Crippen LogP contribution in [0.1, 0.15) is 27.7 Å². The van der Waals surface area contributed by atoms with Crippen LogP contribution in [0.3, 0.4) is 0 Å². The average Bonchev–Trinajstić information content (AvgIpc) is 2.40. The number of benzene rings is 1. The monoisotopic (exact) mass is 373 g/mol. The van der Waals surface area contributed by atoms with Gasteiger partial charge in [-0.25, -0.2) is 9.59 Å². The Morgan fingerprint density at radius 1 is 1.12 bits per heavy atom. The summed E-state index contributed by atoms with van der Waals surface area (Å²) in [4.78, 5) is 23.8. The van der Waals surface area contributed by atoms with Gasteiger partial charge in [-0.05, 0) is 19.9 Å². The molecule has 24 heavy (non-hydrogen) atoms. The zero-order chi connectivity index (χ0) is 18.1. The van der Waals surface area contributed by atoms with Gasteiger partial charge in [-0.1, -0.05) is 23.2 Å². The molecule has 0 radical (unpaired) electrons. The minimum absolute atomic E-state index is 0.0830. The molecule has 8 heteroatoms. The number of esters is 2. The molecule has 2 rings (SSSR count). The predicted molar refractivity (Wildman–Crippen MR) is 90.2 cm³/mol. The third-order valence-corrected chi connectivity index (χ3v) is 3.48. The van der Waals surface area contributed by atoms with Crippen LogP contribution in [-0.4, -0.2) is 23.8 Å². The summed E-state index contributed by atoms with van der Waals surface area (Å²) in [5.41, 5.74) is 0.140. The van der Waals surface area contributed by atoms with Crippen LogP contribution in [0, 0.1) is 0 Å². The second kappa shape index (κ2) is 6.91. The number of nitrogens with one attached hydrogen (secondary N) is 1. The average molecular weight is 374 g/mol. The SMILES string of the molecule is CC(C)Oc1cc(NC=C2C(=O)OC(C)(C)OC2=O)c(Cl)cc1Cl. The van der Waals surface area contributed by atoms with Crippen LogP contribution in [0.25, 0.3) is 0 Å². The van der Waals surface area contributed by atoms with E-state index in [0.29, 0.717) is 21.5 Å². The smallest absolute Gasteiger partial charge is 0.350 e. The number of cyclic esters (lactones) is 2. The van der Waals surface area contributed by atoms with Crippen LogP contribution in [0.5, 0.6) is 5.75 Å². The summed E-state index contributed by atoms with van der Waals surface area (Å²) in [6, 6.07) is 3.08. The number of carbonyl (C=O) groups excluding carboxylic acids is 2. The minimum Gasteiger partial charge on any atom is -0.489 e. The van der Waals surface area contributed by atoms with Crippen molar-refractivity contribution in [3.63, 3.8) is 0 Å². The number of carbonyl (C=O) groups is 2. The zero-order valence-electron chi connectivity index (χ0n) is 13.6. The van der Waals surface area contributed by atoms with Gasteiger partial charge in [-0.3, -0.25) is 0 Å². The van der Waals surface area contributed by atoms with Crippen molar-refractivity contribution >= 4 is 40.8 Å². The molecule has 1 fully saturated rings. The Morgan fingerprint density at radius 2 is 1.71 bits per heavy atom. The lowest BCUT2D eigenvalue weighted by Gasteiger charge is -2.29. The Morgan fingerprint density at radius 3 is 2.25 bits per heavy atom. The molecule has 6 nitrogen and oxygen atoms in total. The molecule has 0 bridgehead atoms. The van der Waals surface area contributed by atoms with Crippen LogP contribution >= 0.6 is 23.2 Å². The lowest BCUT2D eigenvalue weighted by molar-refractivity contribution is -0.222. The van der Waals surface area contributed by atoms with E-state index < -0.39 is 17.7 Å². The Bertz CT molecular complexity index is 691. The molecule has 1 aromatic carbocycles. The van der Waals surface area contributed by atoms with Crippen LogP contribution in [0.4, 0.5) is 5.69 Å². The molecule has 1 saturated heterocycles. The van der Waals surface area contributed by atoms with Crippen molar-refractivity contribution in [3.8, 4) is 5.75 Å². The van der Waals surface area contributed by atoms with E-state index >= 15 is 0 Å². The van der Waals surface area contributed by atoms with Crippen molar-refractivity contribution in [1.29, 1.82) is 0 Å². The molecule has 1 N–H and O–H groups in total. The summed E-state index contributed by atoms with van der Waals surface area (Å²) in [6.07, 6.45) is 1.09. The summed E-state index contributed by atoms with van der Waals surface area (Å²) < 4.78 is 15.6. The fourth-order valence-corrected chi connectivity index (χ4v) is 2.39. The van der Waals surface area contributed by atoms with Gasteiger partial charge in [-0.15, -0.1) is 0 Å². The van der Waals surface area contributed by atoms with E-state index in [9.17, 15) is 9.59 Å². The summed E-state index contributed by atoms with van der Waals surface area (Å²) in [5, 5.41) is 3.43. The first-order valence-corrected chi connectivity index (χ1v) is 7.94. The van der Waals surface area contributed by atoms with E-state index in [1.54, 1.807) is 6.07 Å². The molecule has 0 saturated carbocycles. The topological polar surface area (TPSA) is 73.9 Å². The van der Waals surface area contributed by atoms with Crippen molar-refractivity contribution < 1.29 is 23.8 Å². The number of halogens is 2. The first kappa shape index (κ1) is 18.4. The van der Waals surface area contributed by atoms with Gasteiger partial charge in [0.1, 0.15) is 5.75 Å². The highest BCUT2D eigenvalue weighted by molar-refractivity contribution is 6.37. The maximum Gasteiger partial charge on any atom is 0.350 e. The second-order valence-corrected chi connectivity index (χ2v) is 6.62. The first-order chi connectivity index (χ1) is 11.1. The maximum absolute atomic E-state index is 11.9. The Hall–Kier alpha value is -1.92. The highest BCUT2D eigenvalue weighted by Gasteiger charge is 2.38. The van der Waals surface area contributed by atoms with Gasteiger partial charge in [0.05, 0.1) is 21.8 Å². The van der Waals surface area contributed by atoms with Crippen molar-refractivity contribution in [1.82, 2.24) is 0 Å². The molecule has 0 unspecified atom stereocenters. The van der Waals surface area contributed by atoms with E-state index in [1.165, 1.54) is 26.1 Å². The zero-order valence-corrected chi connectivity index (χ0v) is 15.1. The first-order valence-electron chi connectivity index (χ1n) is 7.18. The van der Waals surface area contributed by atoms with Crippen LogP contribution in [-0.2, 0) is 19.1 Å². The molecule has 1 aromatic rings. The van der Waals surface area contributed by atoms with Crippen molar-refractivity contribution in [2.75, 3.05) is 5.32 Å². The molecule has 0 aliphatic carbocycles. The number of ether oxygens (including phenoxy) is 3. The molecule has 0 spiro atoms. The van der Waals surface area contributed by atoms with Gasteiger partial charge in [0, 0.05) is 26.1 Å². The largest absolute Gasteiger partial charge is 0.489 e. The molecule has 0 atom stereocenters. The van der Waals surface area contributed by atoms with Crippen LogP contribution < -0.4 is 10.1 Å². The van der Waals surface area contributed by atoms with Crippen LogP contribution in [0.15, 0.2) is 23.9 Å². The Balaban J connectivity index is 2.25. The van der Waals surface area contributed by atoms with E-state index in [-0.39, 0.29) is 11.7 Å². The number of hydrogen-bond acceptors (Lipinski definition) is 6. The number of anilines is 1. The van der Waals surface area contributed by atoms with Gasteiger partial charge in [-0.2, -0.15) is 0 Å². The lowest BCUT2D eigenvalue weighted by Crippen LogP contribution is -2.42. The molecular weight excluding hydrogens is 357 g/mol. The molecule has 1 aliphatic heterocycles. The molecule has 1 aliphatic rings. The fourth-order valence-electron chi connectivity index (χ4n) is 1.91. The van der Waals surface area contributed by atoms with Gasteiger partial charge in [0.15, 0.2) is 5.57 Å². The van der Waals surface area contributed by atoms with Gasteiger partial charge < -0.3 is 19.5 Å². The lowest BCUT2D eigenvalue weighted by atomic mass is 10.2. The van der Waals surface area contributed by atoms with Crippen molar-refractivity contribution in [3.05, 3.63) is 34.0 Å². The fraction of sp³-hybridized carbons (Fsp3) is 0.375. The van der Waals surface area contributed by atoms with E-state index in [2.05, 4.69) is 5.32 Å². The van der Waals surface area contributed by atoms with E-state index in [0.717, 1.165) is 0 Å². The van der Waals surface area contributed by atoms with Gasteiger partial charge in [0.2, 0.25) is 0 Å². The van der Waals surface area contributed by atoms with Crippen molar-refractivity contribution in [2.24, 2.45) is 0 Å². The summed E-state index contributed by atoms with van der Waals surface area (Å²) in [5.74, 6) is -2.44. The molecule has 1 heterocycles. The quantitative estimate of drug-likeness (QED) is 0.489. The summed E-state index contributed by atoms with van der Waals surface area (Å²) >= 11 is 12.2. The van der Waals surface area contributed by atoms with E-state index in [1.807, 2.05) is 13.8 Å². The van der Waals surface area contributed by atoms with Crippen LogP contribution in [0.2, 0.25) is 10.0 Å². The van der Waals surface area contributed by atoms with E-state index in [4.69, 9.17) is 37.4 Å². The Labute approximate surface area is 149 Å². The standard InChI is InChI=1S/C16H17Cl2NO5/c1-8(2)22-13-6-12(10(17)5-11(13)18)19-7-9-14(20)23-16(3,4)24-15(9)21/h5-8,19H,1-4H3.